The molecule has 2 N–H and O–H groups in total. The van der Waals surface area contributed by atoms with E-state index in [0.29, 0.717) is 12.2 Å². The number of nitrogens with zero attached hydrogens (tertiary/aromatic N) is 1. The van der Waals surface area contributed by atoms with E-state index in [1.54, 1.807) is 48.7 Å². The summed E-state index contributed by atoms with van der Waals surface area (Å²) in [5.74, 6) is 0. The number of benzene rings is 2. The highest BCUT2D eigenvalue weighted by Gasteiger charge is 2.17. The molecule has 0 saturated heterocycles. The molecule has 0 radical (unpaired) electrons. The highest BCUT2D eigenvalue weighted by atomic mass is 32.2. The fraction of sp³-hybridized carbons (Fsp3) is 0.100. The number of urea groups is 1. The third-order valence-corrected chi connectivity index (χ3v) is 5.82. The fourth-order valence-corrected chi connectivity index (χ4v) is 3.79. The lowest BCUT2D eigenvalue weighted by Crippen LogP contribution is -2.28. The van der Waals surface area contributed by atoms with Crippen molar-refractivity contribution in [1.82, 2.24) is 10.3 Å². The predicted octanol–water partition coefficient (Wildman–Crippen LogP) is 3.54. The molecular formula is C20H19N3O3S. The Balaban J connectivity index is 1.64. The van der Waals surface area contributed by atoms with Crippen LogP contribution in [0.25, 0.3) is 0 Å². The van der Waals surface area contributed by atoms with Gasteiger partial charge in [0.2, 0.25) is 9.84 Å². The first kappa shape index (κ1) is 18.6. The standard InChI is InChI=1S/C20H19N3O3S/c1-15-16(6-5-13-21-15)14-22-20(24)23-17-9-11-19(12-10-17)27(25,26)18-7-3-2-4-8-18/h2-13H,14H2,1H3,(H2,22,23,24). The zero-order valence-electron chi connectivity index (χ0n) is 14.7. The Kier molecular flexibility index (Phi) is 5.52. The highest BCUT2D eigenvalue weighted by molar-refractivity contribution is 7.91. The first-order valence-corrected chi connectivity index (χ1v) is 9.81. The normalized spacial score (nSPS) is 11.0. The molecule has 0 aliphatic carbocycles. The Labute approximate surface area is 158 Å². The van der Waals surface area contributed by atoms with Crippen LogP contribution < -0.4 is 10.6 Å². The molecule has 0 atom stereocenters. The predicted molar refractivity (Wildman–Crippen MR) is 103 cm³/mol. The van der Waals surface area contributed by atoms with Gasteiger partial charge in [-0.25, -0.2) is 13.2 Å². The van der Waals surface area contributed by atoms with Gasteiger partial charge in [-0.1, -0.05) is 24.3 Å². The van der Waals surface area contributed by atoms with Crippen molar-refractivity contribution in [2.75, 3.05) is 5.32 Å². The van der Waals surface area contributed by atoms with Crippen molar-refractivity contribution in [3.63, 3.8) is 0 Å². The first-order chi connectivity index (χ1) is 13.0. The molecule has 0 aliphatic rings. The van der Waals surface area contributed by atoms with Crippen LogP contribution in [0, 0.1) is 6.92 Å². The molecule has 0 unspecified atom stereocenters. The number of amides is 2. The fourth-order valence-electron chi connectivity index (χ4n) is 2.51. The van der Waals surface area contributed by atoms with Gasteiger partial charge in [-0.05, 0) is 55.0 Å². The molecule has 0 aliphatic heterocycles. The molecule has 138 valence electrons. The number of nitrogens with one attached hydrogen (secondary N) is 2. The Morgan fingerprint density at radius 2 is 1.59 bits per heavy atom. The van der Waals surface area contributed by atoms with Crippen molar-refractivity contribution in [2.45, 2.75) is 23.3 Å². The van der Waals surface area contributed by atoms with Crippen molar-refractivity contribution in [2.24, 2.45) is 0 Å². The van der Waals surface area contributed by atoms with Crippen molar-refractivity contribution in [1.29, 1.82) is 0 Å². The topological polar surface area (TPSA) is 88.2 Å². The maximum Gasteiger partial charge on any atom is 0.319 e. The molecule has 7 heteroatoms. The summed E-state index contributed by atoms with van der Waals surface area (Å²) in [6.45, 7) is 2.23. The number of pyridine rings is 1. The summed E-state index contributed by atoms with van der Waals surface area (Å²) in [5.41, 5.74) is 2.28. The molecule has 27 heavy (non-hydrogen) atoms. The van der Waals surface area contributed by atoms with Crippen LogP contribution in [0.15, 0.2) is 82.7 Å². The van der Waals surface area contributed by atoms with E-state index in [4.69, 9.17) is 0 Å². The molecule has 1 heterocycles. The third kappa shape index (κ3) is 4.51. The Morgan fingerprint density at radius 3 is 2.26 bits per heavy atom. The van der Waals surface area contributed by atoms with Crippen LogP contribution in [0.1, 0.15) is 11.3 Å². The maximum atomic E-state index is 12.6. The summed E-state index contributed by atoms with van der Waals surface area (Å²) >= 11 is 0. The van der Waals surface area contributed by atoms with Gasteiger partial charge in [-0.15, -0.1) is 0 Å². The van der Waals surface area contributed by atoms with E-state index < -0.39 is 9.84 Å². The number of carbonyl (C=O) groups is 1. The zero-order valence-corrected chi connectivity index (χ0v) is 15.5. The Hall–Kier alpha value is -3.19. The van der Waals surface area contributed by atoms with Crippen LogP contribution in [-0.2, 0) is 16.4 Å². The summed E-state index contributed by atoms with van der Waals surface area (Å²) < 4.78 is 25.1. The first-order valence-electron chi connectivity index (χ1n) is 8.32. The molecule has 0 fully saturated rings. The number of carbonyl (C=O) groups excluding carboxylic acids is 1. The Morgan fingerprint density at radius 1 is 0.926 bits per heavy atom. The van der Waals surface area contributed by atoms with E-state index in [-0.39, 0.29) is 15.8 Å². The van der Waals surface area contributed by atoms with Gasteiger partial charge >= 0.3 is 6.03 Å². The number of aryl methyl sites for hydroxylation is 1. The van der Waals surface area contributed by atoms with Crippen molar-refractivity contribution >= 4 is 21.6 Å². The van der Waals surface area contributed by atoms with E-state index in [0.717, 1.165) is 11.3 Å². The molecule has 6 nitrogen and oxygen atoms in total. The maximum absolute atomic E-state index is 12.6. The van der Waals surface area contributed by atoms with Gasteiger partial charge in [0.1, 0.15) is 0 Å². The van der Waals surface area contributed by atoms with Crippen LogP contribution in [0.2, 0.25) is 0 Å². The molecular weight excluding hydrogens is 362 g/mol. The van der Waals surface area contributed by atoms with Crippen molar-refractivity contribution in [3.8, 4) is 0 Å². The monoisotopic (exact) mass is 381 g/mol. The van der Waals surface area contributed by atoms with Gasteiger partial charge in [0.25, 0.3) is 0 Å². The van der Waals surface area contributed by atoms with Crippen LogP contribution in [0.5, 0.6) is 0 Å². The number of sulfone groups is 1. The Bertz CT molecular complexity index is 1030. The van der Waals surface area contributed by atoms with Gasteiger partial charge in [-0.2, -0.15) is 0 Å². The molecule has 1 aromatic heterocycles. The number of hydrogen-bond acceptors (Lipinski definition) is 4. The van der Waals surface area contributed by atoms with E-state index >= 15 is 0 Å². The molecule has 2 amide bonds. The lowest BCUT2D eigenvalue weighted by Gasteiger charge is -2.10. The van der Waals surface area contributed by atoms with Gasteiger partial charge in [0.05, 0.1) is 9.79 Å². The third-order valence-electron chi connectivity index (χ3n) is 4.03. The average Bonchev–Trinajstić information content (AvgIpc) is 2.68. The van der Waals surface area contributed by atoms with Crippen LogP contribution in [-0.4, -0.2) is 19.4 Å². The van der Waals surface area contributed by atoms with Crippen molar-refractivity contribution < 1.29 is 13.2 Å². The van der Waals surface area contributed by atoms with E-state index in [1.807, 2.05) is 19.1 Å². The summed E-state index contributed by atoms with van der Waals surface area (Å²) in [7, 11) is -3.57. The molecule has 2 aromatic carbocycles. The number of hydrogen-bond donors (Lipinski definition) is 2. The average molecular weight is 381 g/mol. The lowest BCUT2D eigenvalue weighted by atomic mass is 10.2. The van der Waals surface area contributed by atoms with E-state index in [1.165, 1.54) is 12.1 Å². The van der Waals surface area contributed by atoms with Gasteiger partial charge < -0.3 is 10.6 Å². The van der Waals surface area contributed by atoms with Crippen LogP contribution >= 0.6 is 0 Å². The summed E-state index contributed by atoms with van der Waals surface area (Å²) in [4.78, 5) is 16.6. The minimum atomic E-state index is -3.57. The van der Waals surface area contributed by atoms with Gasteiger partial charge in [0.15, 0.2) is 0 Å². The highest BCUT2D eigenvalue weighted by Crippen LogP contribution is 2.22. The summed E-state index contributed by atoms with van der Waals surface area (Å²) in [5, 5.41) is 5.44. The minimum Gasteiger partial charge on any atom is -0.334 e. The summed E-state index contributed by atoms with van der Waals surface area (Å²) in [6, 6.07) is 17.6. The second-order valence-electron chi connectivity index (χ2n) is 5.90. The molecule has 0 bridgehead atoms. The van der Waals surface area contributed by atoms with E-state index in [2.05, 4.69) is 15.6 Å². The molecule has 3 rings (SSSR count). The second-order valence-corrected chi connectivity index (χ2v) is 7.85. The zero-order chi connectivity index (χ0) is 19.3. The number of rotatable bonds is 5. The minimum absolute atomic E-state index is 0.172. The molecule has 3 aromatic rings. The smallest absolute Gasteiger partial charge is 0.319 e. The van der Waals surface area contributed by atoms with Crippen LogP contribution in [0.4, 0.5) is 10.5 Å². The van der Waals surface area contributed by atoms with E-state index in [9.17, 15) is 13.2 Å². The SMILES string of the molecule is Cc1ncccc1CNC(=O)Nc1ccc(S(=O)(=O)c2ccccc2)cc1. The van der Waals surface area contributed by atoms with Gasteiger partial charge in [0, 0.05) is 24.1 Å². The summed E-state index contributed by atoms with van der Waals surface area (Å²) in [6.07, 6.45) is 1.70. The largest absolute Gasteiger partial charge is 0.334 e. The lowest BCUT2D eigenvalue weighted by molar-refractivity contribution is 0.251. The number of aromatic nitrogens is 1. The van der Waals surface area contributed by atoms with Crippen LogP contribution in [0.3, 0.4) is 0 Å². The molecule has 0 saturated carbocycles. The number of anilines is 1. The van der Waals surface area contributed by atoms with Crippen molar-refractivity contribution in [3.05, 3.63) is 84.2 Å². The molecule has 0 spiro atoms. The second kappa shape index (κ2) is 8.01. The van der Waals surface area contributed by atoms with Gasteiger partial charge in [-0.3, -0.25) is 4.98 Å². The quantitative estimate of drug-likeness (QED) is 0.707.